The summed E-state index contributed by atoms with van der Waals surface area (Å²) in [5.74, 6) is -6.63. The van der Waals surface area contributed by atoms with Crippen molar-refractivity contribution in [3.8, 4) is 5.75 Å². The molecule has 2 aliphatic heterocycles. The van der Waals surface area contributed by atoms with Crippen molar-refractivity contribution in [3.05, 3.63) is 119 Å². The molecule has 2 N–H and O–H groups in total. The van der Waals surface area contributed by atoms with Crippen molar-refractivity contribution in [3.63, 3.8) is 0 Å². The number of fused-ring (bicyclic) bond motifs is 5. The zero-order valence-electron chi connectivity index (χ0n) is 26.9. The molecule has 2 heterocycles. The molecule has 10 heteroatoms. The highest BCUT2D eigenvalue weighted by molar-refractivity contribution is 6.32. The SMILES string of the molecule is O=C(O)CCCN1C(=O)[C@H]2[C@H](CC=C3[C@H]2C[C@H]2C(=O)N(c4cccc(Cl)c4)C(=O)[C@@]2(c2ccccc2)[C@H]3c2c(O)ccc3ccccc23)C1=O. The van der Waals surface area contributed by atoms with Crippen LogP contribution in [0.3, 0.4) is 0 Å². The maximum Gasteiger partial charge on any atom is 0.303 e. The average Bonchev–Trinajstić information content (AvgIpc) is 3.49. The standard InChI is InChI=1S/C40H33ClN2O7/c41-24-11-6-12-25(20-24)43-37(48)30-21-29-27(16-17-28-33(29)38(49)42(36(28)47)19-7-14-32(45)46)35(40(30,39(43)50)23-9-2-1-3-10-23)34-26-13-5-4-8-22(26)15-18-31(34)44/h1-6,8-13,15-16,18,20,28-30,33,35,44H,7,14,17,19,21H2,(H,45,46)/t28-,29+,30-,33-,35+,40+/m0/s1. The normalized spacial score (nSPS) is 27.3. The van der Waals surface area contributed by atoms with Gasteiger partial charge in [-0.05, 0) is 65.8 Å². The number of hydrogen-bond donors (Lipinski definition) is 2. The molecule has 2 aliphatic carbocycles. The van der Waals surface area contributed by atoms with E-state index in [1.165, 1.54) is 9.80 Å². The van der Waals surface area contributed by atoms with E-state index in [-0.39, 0.29) is 43.9 Å². The fourth-order valence-corrected chi connectivity index (χ4v) is 9.50. The molecule has 4 aromatic rings. The fraction of sp³-hybridized carbons (Fsp3) is 0.275. The van der Waals surface area contributed by atoms with Crippen molar-refractivity contribution in [1.29, 1.82) is 0 Å². The van der Waals surface area contributed by atoms with Gasteiger partial charge < -0.3 is 10.2 Å². The Bertz CT molecular complexity index is 2150. The van der Waals surface area contributed by atoms with Crippen LogP contribution in [0.4, 0.5) is 5.69 Å². The number of rotatable bonds is 7. The molecule has 0 radical (unpaired) electrons. The lowest BCUT2D eigenvalue weighted by Crippen LogP contribution is -2.53. The summed E-state index contributed by atoms with van der Waals surface area (Å²) >= 11 is 6.39. The van der Waals surface area contributed by atoms with Gasteiger partial charge in [-0.25, -0.2) is 4.90 Å². The number of anilines is 1. The molecule has 4 amide bonds. The minimum Gasteiger partial charge on any atom is -0.508 e. The third-order valence-corrected chi connectivity index (χ3v) is 11.5. The van der Waals surface area contributed by atoms with Crippen LogP contribution in [0.5, 0.6) is 5.75 Å². The molecule has 2 saturated heterocycles. The van der Waals surface area contributed by atoms with E-state index in [0.29, 0.717) is 27.2 Å². The number of phenolic OH excluding ortho intramolecular Hbond substituents is 1. The first-order valence-corrected chi connectivity index (χ1v) is 17.2. The van der Waals surface area contributed by atoms with Crippen LogP contribution in [-0.2, 0) is 29.4 Å². The molecule has 50 heavy (non-hydrogen) atoms. The second-order valence-corrected chi connectivity index (χ2v) is 14.1. The number of aromatic hydroxyl groups is 1. The Labute approximate surface area is 292 Å². The largest absolute Gasteiger partial charge is 0.508 e. The Balaban J connectivity index is 1.38. The number of carbonyl (C=O) groups is 5. The van der Waals surface area contributed by atoms with Gasteiger partial charge in [0.25, 0.3) is 0 Å². The van der Waals surface area contributed by atoms with Gasteiger partial charge in [0.15, 0.2) is 0 Å². The van der Waals surface area contributed by atoms with Gasteiger partial charge in [-0.15, -0.1) is 0 Å². The Hall–Kier alpha value is -5.28. The highest BCUT2D eigenvalue weighted by Gasteiger charge is 2.70. The number of carboxylic acids is 1. The second-order valence-electron chi connectivity index (χ2n) is 13.6. The van der Waals surface area contributed by atoms with Crippen LogP contribution in [-0.4, -0.2) is 51.3 Å². The van der Waals surface area contributed by atoms with E-state index < -0.39 is 58.7 Å². The number of allylic oxidation sites excluding steroid dienone is 2. The van der Waals surface area contributed by atoms with Gasteiger partial charge in [-0.1, -0.05) is 90.0 Å². The molecular formula is C40H33ClN2O7. The molecule has 8 rings (SSSR count). The summed E-state index contributed by atoms with van der Waals surface area (Å²) in [4.78, 5) is 71.9. The molecular weight excluding hydrogens is 656 g/mol. The highest BCUT2D eigenvalue weighted by atomic mass is 35.5. The monoisotopic (exact) mass is 688 g/mol. The number of phenols is 1. The molecule has 3 fully saturated rings. The van der Waals surface area contributed by atoms with Crippen LogP contribution in [0.1, 0.15) is 42.7 Å². The number of carboxylic acid groups (broad SMARTS) is 1. The lowest BCUT2D eigenvalue weighted by atomic mass is 9.48. The van der Waals surface area contributed by atoms with Crippen molar-refractivity contribution in [2.45, 2.75) is 37.0 Å². The number of nitrogens with zero attached hydrogens (tertiary/aromatic N) is 2. The van der Waals surface area contributed by atoms with Crippen LogP contribution in [0.25, 0.3) is 10.8 Å². The number of imide groups is 2. The first kappa shape index (κ1) is 32.0. The summed E-state index contributed by atoms with van der Waals surface area (Å²) in [5.41, 5.74) is 0.626. The molecule has 6 atom stereocenters. The predicted octanol–water partition coefficient (Wildman–Crippen LogP) is 6.23. The van der Waals surface area contributed by atoms with Crippen molar-refractivity contribution in [2.24, 2.45) is 23.7 Å². The molecule has 4 aliphatic rings. The van der Waals surface area contributed by atoms with Crippen LogP contribution in [0.2, 0.25) is 5.02 Å². The third-order valence-electron chi connectivity index (χ3n) is 11.3. The van der Waals surface area contributed by atoms with E-state index in [9.17, 15) is 29.4 Å². The van der Waals surface area contributed by atoms with E-state index >= 15 is 4.79 Å². The molecule has 4 aromatic carbocycles. The predicted molar refractivity (Wildman–Crippen MR) is 185 cm³/mol. The van der Waals surface area contributed by atoms with E-state index in [1.54, 1.807) is 36.4 Å². The van der Waals surface area contributed by atoms with Gasteiger partial charge in [-0.3, -0.25) is 28.9 Å². The maximum atomic E-state index is 15.4. The molecule has 9 nitrogen and oxygen atoms in total. The Morgan fingerprint density at radius 3 is 2.38 bits per heavy atom. The zero-order chi connectivity index (χ0) is 34.9. The van der Waals surface area contributed by atoms with E-state index in [2.05, 4.69) is 0 Å². The number of amides is 4. The average molecular weight is 689 g/mol. The smallest absolute Gasteiger partial charge is 0.303 e. The second kappa shape index (κ2) is 11.9. The minimum atomic E-state index is -1.52. The van der Waals surface area contributed by atoms with Gasteiger partial charge in [0.2, 0.25) is 23.6 Å². The maximum absolute atomic E-state index is 15.4. The first-order chi connectivity index (χ1) is 24.1. The highest BCUT2D eigenvalue weighted by Crippen LogP contribution is 2.65. The quantitative estimate of drug-likeness (QED) is 0.174. The van der Waals surface area contributed by atoms with Crippen molar-refractivity contribution >= 4 is 57.7 Å². The van der Waals surface area contributed by atoms with Gasteiger partial charge in [-0.2, -0.15) is 0 Å². The summed E-state index contributed by atoms with van der Waals surface area (Å²) in [6.45, 7) is -0.0100. The van der Waals surface area contributed by atoms with Crippen LogP contribution in [0.15, 0.2) is 103 Å². The van der Waals surface area contributed by atoms with Crippen LogP contribution < -0.4 is 4.90 Å². The fourth-order valence-electron chi connectivity index (χ4n) is 9.32. The lowest BCUT2D eigenvalue weighted by molar-refractivity contribution is -0.142. The molecule has 1 saturated carbocycles. The first-order valence-electron chi connectivity index (χ1n) is 16.8. The van der Waals surface area contributed by atoms with Gasteiger partial charge >= 0.3 is 5.97 Å². The van der Waals surface area contributed by atoms with Gasteiger partial charge in [0.05, 0.1) is 28.9 Å². The molecule has 0 spiro atoms. The number of likely N-dealkylation sites (tertiary alicyclic amines) is 1. The summed E-state index contributed by atoms with van der Waals surface area (Å²) in [7, 11) is 0. The van der Waals surface area contributed by atoms with Crippen LogP contribution in [0, 0.1) is 23.7 Å². The van der Waals surface area contributed by atoms with E-state index in [0.717, 1.165) is 11.0 Å². The Morgan fingerprint density at radius 1 is 0.860 bits per heavy atom. The van der Waals surface area contributed by atoms with Crippen molar-refractivity contribution in [2.75, 3.05) is 11.4 Å². The van der Waals surface area contributed by atoms with E-state index in [1.807, 2.05) is 60.7 Å². The third kappa shape index (κ3) is 4.56. The topological polar surface area (TPSA) is 132 Å². The summed E-state index contributed by atoms with van der Waals surface area (Å²) in [6, 6.07) is 26.7. The summed E-state index contributed by atoms with van der Waals surface area (Å²) < 4.78 is 0. The van der Waals surface area contributed by atoms with Crippen molar-refractivity contribution < 1.29 is 34.2 Å². The molecule has 0 bridgehead atoms. The molecule has 252 valence electrons. The number of halogens is 1. The Morgan fingerprint density at radius 2 is 1.62 bits per heavy atom. The number of aliphatic carboxylic acids is 1. The Kier molecular flexibility index (Phi) is 7.64. The van der Waals surface area contributed by atoms with Crippen LogP contribution >= 0.6 is 11.6 Å². The number of hydrogen-bond acceptors (Lipinski definition) is 6. The summed E-state index contributed by atoms with van der Waals surface area (Å²) in [6.07, 6.45) is 2.25. The number of carbonyl (C=O) groups excluding carboxylic acids is 4. The van der Waals surface area contributed by atoms with Gasteiger partial charge in [0, 0.05) is 29.5 Å². The summed E-state index contributed by atoms with van der Waals surface area (Å²) in [5, 5.41) is 22.9. The number of benzene rings is 4. The minimum absolute atomic E-state index is 0.0100. The van der Waals surface area contributed by atoms with Gasteiger partial charge in [0.1, 0.15) is 5.75 Å². The lowest BCUT2D eigenvalue weighted by Gasteiger charge is -2.51. The van der Waals surface area contributed by atoms with Crippen molar-refractivity contribution in [1.82, 2.24) is 4.90 Å². The van der Waals surface area contributed by atoms with E-state index in [4.69, 9.17) is 11.6 Å². The molecule has 0 unspecified atom stereocenters. The molecule has 0 aromatic heterocycles. The zero-order valence-corrected chi connectivity index (χ0v) is 27.6.